The first-order chi connectivity index (χ1) is 40.4. The van der Waals surface area contributed by atoms with Gasteiger partial charge in [-0.2, -0.15) is 0 Å². The highest BCUT2D eigenvalue weighted by atomic mass is 15.3. The van der Waals surface area contributed by atoms with Crippen molar-refractivity contribution in [3.05, 3.63) is 275 Å². The zero-order chi connectivity index (χ0) is 56.2. The van der Waals surface area contributed by atoms with Crippen LogP contribution in [0.4, 0.5) is 34.6 Å². The van der Waals surface area contributed by atoms with E-state index >= 15 is 0 Å². The van der Waals surface area contributed by atoms with Gasteiger partial charge in [-0.15, -0.1) is 0 Å². The molecule has 8 nitrogen and oxygen atoms in total. The highest BCUT2D eigenvalue weighted by Crippen LogP contribution is 2.54. The molecule has 0 spiro atoms. The summed E-state index contributed by atoms with van der Waals surface area (Å²) in [6.45, 7) is 14.1. The lowest BCUT2D eigenvalue weighted by Gasteiger charge is -2.27. The van der Waals surface area contributed by atoms with Crippen LogP contribution in [-0.4, -0.2) is 29.9 Å². The van der Waals surface area contributed by atoms with Gasteiger partial charge in [0.1, 0.15) is 25.3 Å². The van der Waals surface area contributed by atoms with Gasteiger partial charge in [0.25, 0.3) is 0 Å². The second-order valence-electron chi connectivity index (χ2n) is 23.8. The van der Waals surface area contributed by atoms with E-state index in [0.717, 1.165) is 44.3 Å². The van der Waals surface area contributed by atoms with E-state index in [4.69, 9.17) is 0 Å². The van der Waals surface area contributed by atoms with Crippen molar-refractivity contribution in [1.82, 2.24) is 29.9 Å². The molecule has 8 heteroatoms. The van der Waals surface area contributed by atoms with Gasteiger partial charge in [-0.3, -0.25) is 9.80 Å². The summed E-state index contributed by atoms with van der Waals surface area (Å²) in [5.74, 6) is 1.15. The fourth-order valence-electron chi connectivity index (χ4n) is 13.6. The average molecular weight is 1070 g/mol. The van der Waals surface area contributed by atoms with Gasteiger partial charge in [-0.25, -0.2) is 29.9 Å². The van der Waals surface area contributed by atoms with Gasteiger partial charge in [0.15, 0.2) is 0 Å². The van der Waals surface area contributed by atoms with Crippen LogP contribution in [0.1, 0.15) is 97.2 Å². The number of benzene rings is 10. The zero-order valence-corrected chi connectivity index (χ0v) is 47.2. The smallest absolute Gasteiger partial charge is 0.237 e. The van der Waals surface area contributed by atoms with Crippen LogP contribution in [0.15, 0.2) is 219 Å². The molecule has 83 heavy (non-hydrogen) atoms. The minimum Gasteiger partial charge on any atom is -0.278 e. The van der Waals surface area contributed by atoms with E-state index in [1.165, 1.54) is 89.0 Å². The van der Waals surface area contributed by atoms with E-state index in [1.54, 1.807) is 25.3 Å². The van der Waals surface area contributed by atoms with Gasteiger partial charge in [-0.05, 0) is 136 Å². The van der Waals surface area contributed by atoms with E-state index in [1.807, 2.05) is 0 Å². The van der Waals surface area contributed by atoms with Crippen LogP contribution < -0.4 is 9.80 Å². The Morgan fingerprint density at radius 1 is 0.301 bits per heavy atom. The topological polar surface area (TPSA) is 83.8 Å². The zero-order valence-electron chi connectivity index (χ0n) is 47.2. The summed E-state index contributed by atoms with van der Waals surface area (Å²) in [6.07, 6.45) is 15.3. The summed E-state index contributed by atoms with van der Waals surface area (Å²) in [5.41, 5.74) is 23.6. The molecule has 15 rings (SSSR count). The molecule has 0 aliphatic heterocycles. The first-order valence-corrected chi connectivity index (χ1v) is 28.4. The number of hydrogen-bond donors (Lipinski definition) is 0. The molecule has 0 N–H and O–H groups in total. The van der Waals surface area contributed by atoms with Crippen LogP contribution in [0.25, 0.3) is 79.2 Å². The molecule has 0 unspecified atom stereocenters. The second-order valence-corrected chi connectivity index (χ2v) is 23.8. The van der Waals surface area contributed by atoms with Crippen LogP contribution in [0.2, 0.25) is 0 Å². The Hall–Kier alpha value is -10.2. The lowest BCUT2D eigenvalue weighted by Crippen LogP contribution is -2.17. The Labute approximate surface area is 483 Å². The maximum Gasteiger partial charge on any atom is 0.237 e. The monoisotopic (exact) mass is 1070 g/mol. The van der Waals surface area contributed by atoms with E-state index in [9.17, 15) is 0 Å². The highest BCUT2D eigenvalue weighted by molar-refractivity contribution is 6.00. The quantitative estimate of drug-likeness (QED) is 0.125. The molecule has 0 saturated heterocycles. The Morgan fingerprint density at radius 2 is 0.590 bits per heavy atom. The Bertz CT molecular complexity index is 4370. The third-order valence-corrected chi connectivity index (χ3v) is 17.9. The molecule has 0 bridgehead atoms. The van der Waals surface area contributed by atoms with Crippen LogP contribution in [0.5, 0.6) is 0 Å². The van der Waals surface area contributed by atoms with Crippen molar-refractivity contribution in [2.75, 3.05) is 9.80 Å². The van der Waals surface area contributed by atoms with Crippen molar-refractivity contribution in [2.24, 2.45) is 0 Å². The van der Waals surface area contributed by atoms with Gasteiger partial charge < -0.3 is 0 Å². The van der Waals surface area contributed by atoms with Gasteiger partial charge in [0, 0.05) is 38.4 Å². The molecule has 2 heterocycles. The largest absolute Gasteiger partial charge is 0.278 e. The minimum atomic E-state index is -0.247. The first-order valence-electron chi connectivity index (χ1n) is 28.4. The minimum absolute atomic E-state index is 0.178. The van der Waals surface area contributed by atoms with E-state index in [2.05, 4.69) is 300 Å². The Kier molecular flexibility index (Phi) is 11.4. The molecule has 398 valence electrons. The van der Waals surface area contributed by atoms with Crippen molar-refractivity contribution in [2.45, 2.75) is 57.8 Å². The highest BCUT2D eigenvalue weighted by Gasteiger charge is 2.39. The van der Waals surface area contributed by atoms with Gasteiger partial charge in [0.2, 0.25) is 11.9 Å². The molecule has 2 aromatic heterocycles. The molecule has 3 aliphatic rings. The number of hydrogen-bond acceptors (Lipinski definition) is 8. The van der Waals surface area contributed by atoms with Crippen LogP contribution in [-0.2, 0) is 16.2 Å². The van der Waals surface area contributed by atoms with Crippen molar-refractivity contribution in [3.63, 3.8) is 0 Å². The van der Waals surface area contributed by atoms with Crippen molar-refractivity contribution in [1.29, 1.82) is 0 Å². The average Bonchev–Trinajstić information content (AvgIpc) is 4.07. The standard InChI is InChI=1S/C75H58N8/c1-73(2)63-37-47(21-23-49-27-33-59-61-35-29-53(41-67(61)74(3,4)65(59)39-49)82(71-78-43-76-44-79-71)69-19-11-15-51-13-7-9-17-55(51)69)25-31-57(63)58-32-26-48(38-64(58)73)22-24-50-28-34-60-62-36-30-54(42-68(62)75(5,6)66(60)40-50)83(72-80-45-77-46-81-72)70-20-12-16-52-14-8-10-18-56(52)70/h7-46H,1-6H3/b23-21+,24-22+. The normalized spacial score (nSPS) is 14.6. The van der Waals surface area contributed by atoms with Crippen molar-refractivity contribution in [3.8, 4) is 33.4 Å². The summed E-state index contributed by atoms with van der Waals surface area (Å²) >= 11 is 0. The van der Waals surface area contributed by atoms with Crippen LogP contribution in [0, 0.1) is 0 Å². The number of fused-ring (bicyclic) bond motifs is 11. The van der Waals surface area contributed by atoms with Crippen molar-refractivity contribution < 1.29 is 0 Å². The summed E-state index contributed by atoms with van der Waals surface area (Å²) in [5, 5.41) is 4.57. The molecule has 0 saturated carbocycles. The van der Waals surface area contributed by atoms with Gasteiger partial charge in [-0.1, -0.05) is 224 Å². The summed E-state index contributed by atoms with van der Waals surface area (Å²) in [7, 11) is 0. The number of aromatic nitrogens is 6. The molecule has 0 radical (unpaired) electrons. The summed E-state index contributed by atoms with van der Waals surface area (Å²) in [4.78, 5) is 31.2. The fraction of sp³-hybridized carbons (Fsp3) is 0.120. The van der Waals surface area contributed by atoms with E-state index in [0.29, 0.717) is 11.9 Å². The molecule has 0 atom stereocenters. The summed E-state index contributed by atoms with van der Waals surface area (Å²) in [6, 6.07) is 71.1. The van der Waals surface area contributed by atoms with Crippen LogP contribution in [0.3, 0.4) is 0 Å². The lowest BCUT2D eigenvalue weighted by molar-refractivity contribution is 0.660. The van der Waals surface area contributed by atoms with Gasteiger partial charge in [0.05, 0.1) is 11.4 Å². The SMILES string of the molecule is CC1(C)c2cc(/C=C/c3ccc4c(c3)C(C)(C)c3cc(N(c5ncncn5)c5cccc6ccccc56)ccc3-4)ccc2-c2ccc(/C=C/c3ccc4c(c3)C(C)(C)c3cc(N(c5ncncn5)c5cccc6ccccc56)ccc3-4)cc21. The maximum absolute atomic E-state index is 4.65. The van der Waals surface area contributed by atoms with E-state index in [-0.39, 0.29) is 16.2 Å². The number of rotatable bonds is 10. The first kappa shape index (κ1) is 49.8. The predicted octanol–water partition coefficient (Wildman–Crippen LogP) is 18.6. The molecule has 0 fully saturated rings. The Balaban J connectivity index is 0.671. The van der Waals surface area contributed by atoms with E-state index < -0.39 is 0 Å². The third kappa shape index (κ3) is 8.11. The van der Waals surface area contributed by atoms with Crippen molar-refractivity contribution >= 4 is 80.5 Å². The molecule has 12 aromatic rings. The van der Waals surface area contributed by atoms with Gasteiger partial charge >= 0.3 is 0 Å². The fourth-order valence-corrected chi connectivity index (χ4v) is 13.6. The predicted molar refractivity (Wildman–Crippen MR) is 341 cm³/mol. The number of nitrogens with zero attached hydrogens (tertiary/aromatic N) is 8. The molecule has 10 aromatic carbocycles. The van der Waals surface area contributed by atoms with Crippen LogP contribution >= 0.6 is 0 Å². The Morgan fingerprint density at radius 3 is 0.928 bits per heavy atom. The lowest BCUT2D eigenvalue weighted by atomic mass is 9.81. The maximum atomic E-state index is 4.65. The molecule has 0 amide bonds. The number of anilines is 6. The molecule has 3 aliphatic carbocycles. The third-order valence-electron chi connectivity index (χ3n) is 17.9. The molecular weight excluding hydrogens is 1010 g/mol. The summed E-state index contributed by atoms with van der Waals surface area (Å²) < 4.78 is 0. The molecular formula is C75H58N8. The second kappa shape index (κ2) is 19.0.